The number of para-hydroxylation sites is 1. The van der Waals surface area contributed by atoms with Crippen LogP contribution in [0.15, 0.2) is 29.3 Å². The number of fused-ring (bicyclic) bond motifs is 1. The zero-order valence-electron chi connectivity index (χ0n) is 17.3. The number of aliphatic imine (C=N–C) groups is 1. The number of ether oxygens (including phenoxy) is 1. The van der Waals surface area contributed by atoms with Gasteiger partial charge in [0.05, 0.1) is 6.54 Å². The smallest absolute Gasteiger partial charge is 0.225 e. The highest BCUT2D eigenvalue weighted by Crippen LogP contribution is 2.36. The summed E-state index contributed by atoms with van der Waals surface area (Å²) < 4.78 is 5.74. The molecule has 1 atom stereocenters. The number of carbonyl (C=O) groups is 1. The molecule has 0 aliphatic carbocycles. The molecule has 1 aromatic carbocycles. The van der Waals surface area contributed by atoms with Gasteiger partial charge in [0.15, 0.2) is 5.96 Å². The molecule has 2 aliphatic heterocycles. The van der Waals surface area contributed by atoms with Crippen LogP contribution in [0.5, 0.6) is 0 Å². The Morgan fingerprint density at radius 3 is 2.76 bits per heavy atom. The molecule has 0 bridgehead atoms. The highest BCUT2D eigenvalue weighted by Gasteiger charge is 2.32. The largest absolute Gasteiger partial charge is 0.381 e. The second-order valence-electron chi connectivity index (χ2n) is 7.34. The van der Waals surface area contributed by atoms with Crippen LogP contribution in [0.25, 0.3) is 0 Å². The number of hydrogen-bond donors (Lipinski definition) is 3. The lowest BCUT2D eigenvalue weighted by Crippen LogP contribution is -2.43. The zero-order valence-corrected chi connectivity index (χ0v) is 20.5. The minimum absolute atomic E-state index is 0. The Morgan fingerprint density at radius 2 is 2.03 bits per heavy atom. The zero-order chi connectivity index (χ0) is 19.8. The summed E-state index contributed by atoms with van der Waals surface area (Å²) >= 11 is 2.00. The van der Waals surface area contributed by atoms with E-state index in [1.54, 1.807) is 0 Å². The molecular formula is C21H33IN4O2S. The third-order valence-corrected chi connectivity index (χ3v) is 6.78. The fourth-order valence-corrected chi connectivity index (χ4v) is 5.09. The summed E-state index contributed by atoms with van der Waals surface area (Å²) in [6, 6.07) is 8.05. The minimum Gasteiger partial charge on any atom is -0.381 e. The summed E-state index contributed by atoms with van der Waals surface area (Å²) in [5.74, 6) is 2.14. The van der Waals surface area contributed by atoms with Gasteiger partial charge in [0.1, 0.15) is 0 Å². The molecule has 0 saturated carbocycles. The lowest BCUT2D eigenvalue weighted by molar-refractivity contribution is -0.116. The number of halogens is 1. The molecule has 29 heavy (non-hydrogen) atoms. The summed E-state index contributed by atoms with van der Waals surface area (Å²) in [4.78, 5) is 17.0. The van der Waals surface area contributed by atoms with Crippen molar-refractivity contribution >= 4 is 53.3 Å². The van der Waals surface area contributed by atoms with Crippen molar-refractivity contribution in [2.75, 3.05) is 43.9 Å². The molecule has 2 heterocycles. The summed E-state index contributed by atoms with van der Waals surface area (Å²) in [7, 11) is 0. The number of thioether (sulfide) groups is 1. The van der Waals surface area contributed by atoms with Crippen LogP contribution in [0.2, 0.25) is 0 Å². The quantitative estimate of drug-likeness (QED) is 0.285. The molecule has 1 amide bonds. The van der Waals surface area contributed by atoms with E-state index in [2.05, 4.69) is 35.9 Å². The summed E-state index contributed by atoms with van der Waals surface area (Å²) in [6.07, 6.45) is 2.59. The monoisotopic (exact) mass is 532 g/mol. The molecule has 162 valence electrons. The molecule has 0 aromatic heterocycles. The van der Waals surface area contributed by atoms with E-state index in [0.717, 1.165) is 56.5 Å². The molecule has 8 heteroatoms. The maximum Gasteiger partial charge on any atom is 0.225 e. The Balaban J connectivity index is 0.00000300. The normalized spacial score (nSPS) is 20.8. The number of rotatable bonds is 7. The van der Waals surface area contributed by atoms with Crippen molar-refractivity contribution in [3.05, 3.63) is 29.8 Å². The van der Waals surface area contributed by atoms with E-state index in [1.807, 2.05) is 30.0 Å². The van der Waals surface area contributed by atoms with Gasteiger partial charge < -0.3 is 20.7 Å². The summed E-state index contributed by atoms with van der Waals surface area (Å²) in [5, 5.41) is 9.79. The van der Waals surface area contributed by atoms with Crippen LogP contribution in [0.4, 0.5) is 5.69 Å². The van der Waals surface area contributed by atoms with Crippen molar-refractivity contribution in [2.24, 2.45) is 4.99 Å². The van der Waals surface area contributed by atoms with E-state index in [9.17, 15) is 4.79 Å². The number of amides is 1. The van der Waals surface area contributed by atoms with Crippen molar-refractivity contribution in [3.8, 4) is 0 Å². The Hall–Kier alpha value is -1.000. The van der Waals surface area contributed by atoms with Gasteiger partial charge in [-0.1, -0.05) is 25.1 Å². The maximum absolute atomic E-state index is 12.1. The van der Waals surface area contributed by atoms with Crippen molar-refractivity contribution in [1.29, 1.82) is 0 Å². The average molecular weight is 532 g/mol. The Bertz CT molecular complexity index is 690. The van der Waals surface area contributed by atoms with Crippen LogP contribution in [0.1, 0.15) is 44.6 Å². The molecule has 2 aliphatic rings. The number of benzene rings is 1. The summed E-state index contributed by atoms with van der Waals surface area (Å²) in [5.41, 5.74) is 2.11. The van der Waals surface area contributed by atoms with Crippen LogP contribution in [0, 0.1) is 0 Å². The van der Waals surface area contributed by atoms with E-state index in [4.69, 9.17) is 9.73 Å². The molecule has 0 radical (unpaired) electrons. The second kappa shape index (κ2) is 12.0. The highest BCUT2D eigenvalue weighted by molar-refractivity contribution is 14.0. The fraction of sp³-hybridized carbons (Fsp3) is 0.619. The van der Waals surface area contributed by atoms with Gasteiger partial charge >= 0.3 is 0 Å². The van der Waals surface area contributed by atoms with Crippen molar-refractivity contribution in [2.45, 2.75) is 43.8 Å². The van der Waals surface area contributed by atoms with Gasteiger partial charge in [0.25, 0.3) is 0 Å². The third-order valence-electron chi connectivity index (χ3n) is 5.35. The van der Waals surface area contributed by atoms with Crippen LogP contribution in [-0.4, -0.2) is 55.2 Å². The molecule has 1 unspecified atom stereocenters. The molecule has 6 nitrogen and oxygen atoms in total. The van der Waals surface area contributed by atoms with Gasteiger partial charge in [0, 0.05) is 49.1 Å². The lowest BCUT2D eigenvalue weighted by atomic mass is 9.90. The predicted molar refractivity (Wildman–Crippen MR) is 133 cm³/mol. The number of hydrogen-bond acceptors (Lipinski definition) is 4. The highest BCUT2D eigenvalue weighted by atomic mass is 127. The standard InChI is InChI=1S/C21H32N4O2S.HI/c1-3-22-20(24-15-21(28-4-2)9-11-27-12-10-21)23-14-16-13-19(26)25-18-8-6-5-7-17(16)18;/h5-8,16H,3-4,9-15H2,1-2H3,(H,25,26)(H2,22,23,24);1H. The van der Waals surface area contributed by atoms with Crippen LogP contribution in [0.3, 0.4) is 0 Å². The third kappa shape index (κ3) is 6.75. The first-order chi connectivity index (χ1) is 13.7. The van der Waals surface area contributed by atoms with Gasteiger partial charge in [0.2, 0.25) is 5.91 Å². The van der Waals surface area contributed by atoms with Crippen LogP contribution >= 0.6 is 35.7 Å². The van der Waals surface area contributed by atoms with Gasteiger partial charge in [-0.3, -0.25) is 9.79 Å². The van der Waals surface area contributed by atoms with Gasteiger partial charge in [-0.05, 0) is 37.1 Å². The Morgan fingerprint density at radius 1 is 1.28 bits per heavy atom. The van der Waals surface area contributed by atoms with Crippen molar-refractivity contribution < 1.29 is 9.53 Å². The number of nitrogens with one attached hydrogen (secondary N) is 3. The molecule has 3 rings (SSSR count). The molecule has 1 fully saturated rings. The van der Waals surface area contributed by atoms with E-state index < -0.39 is 0 Å². The van der Waals surface area contributed by atoms with Gasteiger partial charge in [-0.15, -0.1) is 24.0 Å². The molecule has 1 aromatic rings. The van der Waals surface area contributed by atoms with Crippen molar-refractivity contribution in [3.63, 3.8) is 0 Å². The second-order valence-corrected chi connectivity index (χ2v) is 9.07. The Labute approximate surface area is 195 Å². The number of carbonyl (C=O) groups excluding carboxylic acids is 1. The van der Waals surface area contributed by atoms with Crippen LogP contribution in [-0.2, 0) is 9.53 Å². The molecule has 0 spiro atoms. The van der Waals surface area contributed by atoms with Crippen LogP contribution < -0.4 is 16.0 Å². The predicted octanol–water partition coefficient (Wildman–Crippen LogP) is 3.59. The fourth-order valence-electron chi connectivity index (χ4n) is 3.87. The molecule has 3 N–H and O–H groups in total. The number of nitrogens with zero attached hydrogens (tertiary/aromatic N) is 1. The Kier molecular flexibility index (Phi) is 10.0. The first-order valence-corrected chi connectivity index (χ1v) is 11.3. The van der Waals surface area contributed by atoms with E-state index >= 15 is 0 Å². The number of anilines is 1. The van der Waals surface area contributed by atoms with E-state index in [-0.39, 0.29) is 40.5 Å². The molecular weight excluding hydrogens is 499 g/mol. The first kappa shape index (κ1) is 24.3. The number of guanidine groups is 1. The van der Waals surface area contributed by atoms with Crippen molar-refractivity contribution in [1.82, 2.24) is 10.6 Å². The first-order valence-electron chi connectivity index (χ1n) is 10.3. The van der Waals surface area contributed by atoms with E-state index in [0.29, 0.717) is 13.0 Å². The van der Waals surface area contributed by atoms with Gasteiger partial charge in [-0.25, -0.2) is 0 Å². The van der Waals surface area contributed by atoms with E-state index in [1.165, 1.54) is 5.56 Å². The topological polar surface area (TPSA) is 74.8 Å². The molecule has 1 saturated heterocycles. The maximum atomic E-state index is 12.1. The SMILES string of the molecule is CCNC(=NCC1(SCC)CCOCC1)NCC1CC(=O)Nc2ccccc21.I. The lowest BCUT2D eigenvalue weighted by Gasteiger charge is -2.35. The van der Waals surface area contributed by atoms with Gasteiger partial charge in [-0.2, -0.15) is 11.8 Å². The summed E-state index contributed by atoms with van der Waals surface area (Å²) in [6.45, 7) is 8.21. The average Bonchev–Trinajstić information content (AvgIpc) is 2.71. The minimum atomic E-state index is 0.